The van der Waals surface area contributed by atoms with Crippen LogP contribution in [0.5, 0.6) is 17.4 Å². The highest BCUT2D eigenvalue weighted by atomic mass is 35.5. The molecule has 0 unspecified atom stereocenters. The molecule has 0 aliphatic carbocycles. The van der Waals surface area contributed by atoms with Gasteiger partial charge in [0.1, 0.15) is 37.1 Å². The molecule has 1 N–H and O–H groups in total. The monoisotopic (exact) mass is 829 g/mol. The normalized spacial score (nSPS) is 16.2. The first-order valence-electron chi connectivity index (χ1n) is 18.6. The number of alkyl halides is 3. The van der Waals surface area contributed by atoms with Gasteiger partial charge in [0, 0.05) is 70.2 Å². The minimum absolute atomic E-state index is 0.117. The number of aromatic nitrogens is 4. The summed E-state index contributed by atoms with van der Waals surface area (Å²) in [6.07, 6.45) is -3.02. The van der Waals surface area contributed by atoms with Crippen LogP contribution in [-0.4, -0.2) is 125 Å². The third kappa shape index (κ3) is 9.72. The molecule has 2 saturated heterocycles. The van der Waals surface area contributed by atoms with E-state index in [1.54, 1.807) is 30.5 Å². The molecule has 2 aliphatic heterocycles. The number of morpholine rings is 1. The number of ether oxygens (including phenoxy) is 4. The summed E-state index contributed by atoms with van der Waals surface area (Å²) in [4.78, 5) is 24.5. The second kappa shape index (κ2) is 17.9. The molecule has 0 bridgehead atoms. The highest BCUT2D eigenvalue weighted by Crippen LogP contribution is 2.46. The van der Waals surface area contributed by atoms with Gasteiger partial charge in [0.15, 0.2) is 0 Å². The van der Waals surface area contributed by atoms with Crippen LogP contribution in [0.3, 0.4) is 0 Å². The van der Waals surface area contributed by atoms with E-state index in [1.807, 2.05) is 19.1 Å². The molecule has 304 valence electrons. The number of likely N-dealkylation sites (N-methyl/N-ethyl adjacent to an activating group) is 1. The zero-order valence-corrected chi connectivity index (χ0v) is 33.1. The molecule has 2 aromatic carbocycles. The van der Waals surface area contributed by atoms with Crippen LogP contribution in [0.25, 0.3) is 21.2 Å². The Bertz CT molecular complexity index is 2170. The van der Waals surface area contributed by atoms with Crippen molar-refractivity contribution in [3.8, 4) is 28.5 Å². The van der Waals surface area contributed by atoms with Crippen molar-refractivity contribution in [1.29, 1.82) is 0 Å². The fraction of sp³-hybridized carbons (Fsp3) is 0.436. The van der Waals surface area contributed by atoms with Crippen molar-refractivity contribution in [2.75, 3.05) is 77.6 Å². The van der Waals surface area contributed by atoms with Crippen LogP contribution < -0.4 is 19.1 Å². The Morgan fingerprint density at radius 3 is 2.56 bits per heavy atom. The topological polar surface area (TPSA) is 128 Å². The summed E-state index contributed by atoms with van der Waals surface area (Å²) in [5.74, 6) is 0.402. The van der Waals surface area contributed by atoms with Gasteiger partial charge in [0.25, 0.3) is 0 Å². The van der Waals surface area contributed by atoms with E-state index in [2.05, 4.69) is 31.2 Å². The summed E-state index contributed by atoms with van der Waals surface area (Å²) in [5.41, 5.74) is 2.91. The Morgan fingerprint density at radius 1 is 1.04 bits per heavy atom. The lowest BCUT2D eigenvalue weighted by molar-refractivity contribution is -0.145. The third-order valence-electron chi connectivity index (χ3n) is 10.1. The van der Waals surface area contributed by atoms with Crippen LogP contribution in [0.2, 0.25) is 5.02 Å². The summed E-state index contributed by atoms with van der Waals surface area (Å²) in [6.45, 7) is 7.90. The molecule has 7 rings (SSSR count). The molecule has 57 heavy (non-hydrogen) atoms. The van der Waals surface area contributed by atoms with E-state index < -0.39 is 24.8 Å². The minimum Gasteiger partial charge on any atom is -0.491 e. The number of piperazine rings is 1. The van der Waals surface area contributed by atoms with Gasteiger partial charge < -0.3 is 33.9 Å². The standard InChI is InChI=1S/C39H43ClF3N7O6S/c1-25-28(7-8-30(35(25)40)54-20-15-48-13-11-47(2)12-14-48)33-34-32(22-44-36(33)49-16-18-53-19-17-49)57-46-37(34)56-31(38(51)52)21-26-5-3-4-6-29(26)55-23-27-9-10-45-50(27)24-39(41,42)43/h3-10,22,31H,11-21,23-24H2,1-2H3,(H,51,52)/t31-/m1/s1. The molecule has 3 aromatic heterocycles. The first kappa shape index (κ1) is 40.5. The summed E-state index contributed by atoms with van der Waals surface area (Å²) in [6, 6.07) is 12.0. The number of carbonyl (C=O) groups is 1. The molecule has 2 aliphatic rings. The zero-order chi connectivity index (χ0) is 40.1. The van der Waals surface area contributed by atoms with Crippen LogP contribution in [0.15, 0.2) is 54.9 Å². The number of carboxylic acids is 1. The van der Waals surface area contributed by atoms with Gasteiger partial charge in [-0.3, -0.25) is 9.58 Å². The SMILES string of the molecule is Cc1c(-c2c(N3CCOCC3)ncc3snc(O[C@H](Cc4ccccc4OCc4ccnn4CC(F)(F)F)C(=O)O)c23)ccc(OCCN2CCN(C)CC2)c1Cl. The van der Waals surface area contributed by atoms with E-state index in [-0.39, 0.29) is 24.6 Å². The van der Waals surface area contributed by atoms with Gasteiger partial charge in [-0.2, -0.15) is 22.6 Å². The number of benzene rings is 2. The van der Waals surface area contributed by atoms with E-state index in [4.69, 9.17) is 35.5 Å². The molecule has 13 nitrogen and oxygen atoms in total. The Hall–Kier alpha value is -4.68. The number of pyridine rings is 1. The number of halogens is 4. The average Bonchev–Trinajstić information content (AvgIpc) is 3.82. The number of rotatable bonds is 15. The molecule has 5 heterocycles. The predicted molar refractivity (Wildman–Crippen MR) is 210 cm³/mol. The summed E-state index contributed by atoms with van der Waals surface area (Å²) in [7, 11) is 2.12. The average molecular weight is 830 g/mol. The third-order valence-corrected chi connectivity index (χ3v) is 11.3. The molecule has 1 atom stereocenters. The number of hydrogen-bond donors (Lipinski definition) is 1. The maximum absolute atomic E-state index is 13.1. The number of carboxylic acid groups (broad SMARTS) is 1. The van der Waals surface area contributed by atoms with Crippen molar-refractivity contribution in [3.05, 3.63) is 76.7 Å². The van der Waals surface area contributed by atoms with Crippen molar-refractivity contribution >= 4 is 45.0 Å². The number of para-hydroxylation sites is 1. The number of fused-ring (bicyclic) bond motifs is 1. The quantitative estimate of drug-likeness (QED) is 0.129. The number of nitrogens with zero attached hydrogens (tertiary/aromatic N) is 7. The van der Waals surface area contributed by atoms with Crippen molar-refractivity contribution in [1.82, 2.24) is 28.9 Å². The molecular formula is C39H43ClF3N7O6S. The lowest BCUT2D eigenvalue weighted by atomic mass is 9.97. The smallest absolute Gasteiger partial charge is 0.408 e. The number of hydrogen-bond acceptors (Lipinski definition) is 12. The highest BCUT2D eigenvalue weighted by Gasteiger charge is 2.31. The van der Waals surface area contributed by atoms with Crippen molar-refractivity contribution in [3.63, 3.8) is 0 Å². The summed E-state index contributed by atoms with van der Waals surface area (Å²) in [5, 5.41) is 15.3. The Morgan fingerprint density at radius 2 is 1.81 bits per heavy atom. The van der Waals surface area contributed by atoms with E-state index in [0.29, 0.717) is 76.5 Å². The molecule has 5 aromatic rings. The maximum atomic E-state index is 13.1. The van der Waals surface area contributed by atoms with Crippen molar-refractivity contribution in [2.45, 2.75) is 38.8 Å². The van der Waals surface area contributed by atoms with Gasteiger partial charge in [-0.25, -0.2) is 9.78 Å². The van der Waals surface area contributed by atoms with Gasteiger partial charge in [0.2, 0.25) is 12.0 Å². The van der Waals surface area contributed by atoms with Gasteiger partial charge in [-0.1, -0.05) is 35.9 Å². The van der Waals surface area contributed by atoms with E-state index in [1.165, 1.54) is 12.3 Å². The largest absolute Gasteiger partial charge is 0.491 e. The van der Waals surface area contributed by atoms with Crippen LogP contribution in [0, 0.1) is 6.92 Å². The molecular weight excluding hydrogens is 787 g/mol. The van der Waals surface area contributed by atoms with Crippen LogP contribution in [0.4, 0.5) is 19.0 Å². The van der Waals surface area contributed by atoms with E-state index in [9.17, 15) is 23.1 Å². The number of anilines is 1. The number of aliphatic carboxylic acids is 1. The zero-order valence-electron chi connectivity index (χ0n) is 31.5. The Balaban J connectivity index is 1.17. The molecule has 18 heteroatoms. The van der Waals surface area contributed by atoms with Crippen LogP contribution >= 0.6 is 23.1 Å². The Kier molecular flexibility index (Phi) is 12.7. The second-order valence-corrected chi connectivity index (χ2v) is 15.2. The second-order valence-electron chi connectivity index (χ2n) is 14.0. The summed E-state index contributed by atoms with van der Waals surface area (Å²) >= 11 is 8.17. The van der Waals surface area contributed by atoms with Gasteiger partial charge >= 0.3 is 12.1 Å². The molecule has 0 saturated carbocycles. The first-order valence-corrected chi connectivity index (χ1v) is 19.7. The fourth-order valence-corrected chi connectivity index (χ4v) is 7.84. The summed E-state index contributed by atoms with van der Waals surface area (Å²) < 4.78 is 69.5. The predicted octanol–water partition coefficient (Wildman–Crippen LogP) is 6.20. The fourth-order valence-electron chi connectivity index (χ4n) is 6.92. The lowest BCUT2D eigenvalue weighted by Gasteiger charge is -2.32. The molecule has 2 fully saturated rings. The van der Waals surface area contributed by atoms with Gasteiger partial charge in [-0.15, -0.1) is 0 Å². The molecule has 0 spiro atoms. The minimum atomic E-state index is -4.46. The van der Waals surface area contributed by atoms with Gasteiger partial charge in [-0.05, 0) is 60.4 Å². The van der Waals surface area contributed by atoms with Gasteiger partial charge in [0.05, 0.1) is 34.0 Å². The maximum Gasteiger partial charge on any atom is 0.408 e. The lowest BCUT2D eigenvalue weighted by Crippen LogP contribution is -2.45. The molecule has 0 amide bonds. The van der Waals surface area contributed by atoms with Crippen molar-refractivity contribution < 1.29 is 42.0 Å². The van der Waals surface area contributed by atoms with Crippen molar-refractivity contribution in [2.24, 2.45) is 0 Å². The Labute approximate surface area is 336 Å². The molecule has 0 radical (unpaired) electrons. The van der Waals surface area contributed by atoms with E-state index >= 15 is 0 Å². The van der Waals surface area contributed by atoms with Crippen LogP contribution in [-0.2, 0) is 29.1 Å². The van der Waals surface area contributed by atoms with Crippen LogP contribution in [0.1, 0.15) is 16.8 Å². The van der Waals surface area contributed by atoms with E-state index in [0.717, 1.165) is 60.1 Å². The highest BCUT2D eigenvalue weighted by molar-refractivity contribution is 7.13. The first-order chi connectivity index (χ1) is 27.4.